The molecule has 2 aliphatic heterocycles. The van der Waals surface area contributed by atoms with Gasteiger partial charge in [0.25, 0.3) is 0 Å². The molecule has 28 heavy (non-hydrogen) atoms. The third-order valence-electron chi connectivity index (χ3n) is 7.22. The summed E-state index contributed by atoms with van der Waals surface area (Å²) < 4.78 is 5.69. The second kappa shape index (κ2) is 8.42. The van der Waals surface area contributed by atoms with E-state index in [0.717, 1.165) is 45.1 Å². The average molecular weight is 385 g/mol. The molecule has 0 bridgehead atoms. The van der Waals surface area contributed by atoms with Gasteiger partial charge in [-0.15, -0.1) is 0 Å². The SMILES string of the molecule is CN=C(NCC1(NC(C)c2ccccc2)CCOCC1)N1CCC2(CCC2)C1. The van der Waals surface area contributed by atoms with E-state index in [2.05, 4.69) is 57.8 Å². The van der Waals surface area contributed by atoms with Crippen molar-refractivity contribution in [3.05, 3.63) is 35.9 Å². The molecule has 2 saturated heterocycles. The first-order valence-corrected chi connectivity index (χ1v) is 11.0. The number of likely N-dealkylation sites (tertiary alicyclic amines) is 1. The molecule has 5 heteroatoms. The Morgan fingerprint density at radius 1 is 1.14 bits per heavy atom. The summed E-state index contributed by atoms with van der Waals surface area (Å²) in [7, 11) is 1.92. The molecule has 1 aromatic rings. The average Bonchev–Trinajstić information content (AvgIpc) is 3.16. The lowest BCUT2D eigenvalue weighted by Crippen LogP contribution is -2.58. The highest BCUT2D eigenvalue weighted by Gasteiger charge is 2.44. The molecule has 1 aromatic carbocycles. The Morgan fingerprint density at radius 3 is 2.50 bits per heavy atom. The first-order valence-electron chi connectivity index (χ1n) is 11.0. The molecule has 1 saturated carbocycles. The molecule has 3 fully saturated rings. The van der Waals surface area contributed by atoms with Gasteiger partial charge in [-0.1, -0.05) is 36.8 Å². The van der Waals surface area contributed by atoms with E-state index >= 15 is 0 Å². The standard InChI is InChI=1S/C23H36N4O/c1-19(20-7-4-3-5-8-20)26-23(12-15-28-16-13-23)17-25-21(24-2)27-14-11-22(18-27)9-6-10-22/h3-5,7-8,19,26H,6,9-18H2,1-2H3,(H,24,25). The Labute approximate surface area is 169 Å². The van der Waals surface area contributed by atoms with Gasteiger partial charge in [0.2, 0.25) is 0 Å². The largest absolute Gasteiger partial charge is 0.381 e. The lowest BCUT2D eigenvalue weighted by molar-refractivity contribution is 0.0352. The molecule has 1 spiro atoms. The van der Waals surface area contributed by atoms with Crippen LogP contribution in [0, 0.1) is 5.41 Å². The molecule has 1 unspecified atom stereocenters. The Balaban J connectivity index is 1.40. The molecule has 154 valence electrons. The topological polar surface area (TPSA) is 48.9 Å². The van der Waals surface area contributed by atoms with Crippen molar-refractivity contribution < 1.29 is 4.74 Å². The van der Waals surface area contributed by atoms with Crippen LogP contribution in [0.25, 0.3) is 0 Å². The highest BCUT2D eigenvalue weighted by Crippen LogP contribution is 2.47. The van der Waals surface area contributed by atoms with E-state index in [1.165, 1.54) is 37.8 Å². The van der Waals surface area contributed by atoms with Gasteiger partial charge in [0.1, 0.15) is 0 Å². The van der Waals surface area contributed by atoms with Crippen LogP contribution in [0.4, 0.5) is 0 Å². The molecule has 0 aromatic heterocycles. The van der Waals surface area contributed by atoms with Crippen molar-refractivity contribution in [1.82, 2.24) is 15.5 Å². The third kappa shape index (κ3) is 4.20. The van der Waals surface area contributed by atoms with E-state index in [9.17, 15) is 0 Å². The molecular weight excluding hydrogens is 348 g/mol. The molecule has 3 aliphatic rings. The summed E-state index contributed by atoms with van der Waals surface area (Å²) in [5.41, 5.74) is 1.97. The van der Waals surface area contributed by atoms with Gasteiger partial charge in [-0.25, -0.2) is 0 Å². The number of benzene rings is 1. The molecule has 2 heterocycles. The zero-order valence-electron chi connectivity index (χ0n) is 17.5. The van der Waals surface area contributed by atoms with Gasteiger partial charge >= 0.3 is 0 Å². The van der Waals surface area contributed by atoms with Crippen molar-refractivity contribution in [3.63, 3.8) is 0 Å². The van der Waals surface area contributed by atoms with Crippen LogP contribution >= 0.6 is 0 Å². The van der Waals surface area contributed by atoms with Crippen molar-refractivity contribution >= 4 is 5.96 Å². The third-order valence-corrected chi connectivity index (χ3v) is 7.22. The van der Waals surface area contributed by atoms with Crippen molar-refractivity contribution in [2.24, 2.45) is 10.4 Å². The molecule has 0 amide bonds. The minimum Gasteiger partial charge on any atom is -0.381 e. The minimum absolute atomic E-state index is 0.0390. The van der Waals surface area contributed by atoms with Crippen molar-refractivity contribution in [2.45, 2.75) is 57.0 Å². The summed E-state index contributed by atoms with van der Waals surface area (Å²) in [6, 6.07) is 11.0. The van der Waals surface area contributed by atoms with Gasteiger partial charge < -0.3 is 20.3 Å². The van der Waals surface area contributed by atoms with Crippen LogP contribution in [0.3, 0.4) is 0 Å². The van der Waals surface area contributed by atoms with Crippen LogP contribution < -0.4 is 10.6 Å². The van der Waals surface area contributed by atoms with Gasteiger partial charge in [0, 0.05) is 51.5 Å². The summed E-state index contributed by atoms with van der Waals surface area (Å²) in [6.07, 6.45) is 7.59. The summed E-state index contributed by atoms with van der Waals surface area (Å²) in [6.45, 7) is 7.12. The molecule has 1 aliphatic carbocycles. The number of guanidine groups is 1. The minimum atomic E-state index is 0.0390. The van der Waals surface area contributed by atoms with Crippen molar-refractivity contribution in [3.8, 4) is 0 Å². The number of aliphatic imine (C=N–C) groups is 1. The Kier molecular flexibility index (Phi) is 5.93. The zero-order chi connectivity index (χ0) is 19.5. The highest BCUT2D eigenvalue weighted by atomic mass is 16.5. The fourth-order valence-electron chi connectivity index (χ4n) is 5.20. The van der Waals surface area contributed by atoms with Gasteiger partial charge in [-0.05, 0) is 50.0 Å². The van der Waals surface area contributed by atoms with E-state index < -0.39 is 0 Å². The Hall–Kier alpha value is -1.59. The molecule has 1 atom stereocenters. The summed E-state index contributed by atoms with van der Waals surface area (Å²) >= 11 is 0. The highest BCUT2D eigenvalue weighted by molar-refractivity contribution is 5.80. The maximum atomic E-state index is 5.69. The van der Waals surface area contributed by atoms with Gasteiger partial charge in [0.05, 0.1) is 0 Å². The predicted molar refractivity (Wildman–Crippen MR) is 115 cm³/mol. The normalized spacial score (nSPS) is 24.8. The maximum absolute atomic E-state index is 5.69. The number of ether oxygens (including phenoxy) is 1. The van der Waals surface area contributed by atoms with Crippen molar-refractivity contribution in [1.29, 1.82) is 0 Å². The number of nitrogens with one attached hydrogen (secondary N) is 2. The first-order chi connectivity index (χ1) is 13.6. The number of nitrogens with zero attached hydrogens (tertiary/aromatic N) is 2. The van der Waals surface area contributed by atoms with Gasteiger partial charge in [-0.3, -0.25) is 4.99 Å². The fraction of sp³-hybridized carbons (Fsp3) is 0.696. The van der Waals surface area contributed by atoms with E-state index in [1.54, 1.807) is 0 Å². The fourth-order valence-corrected chi connectivity index (χ4v) is 5.20. The van der Waals surface area contributed by atoms with E-state index in [-0.39, 0.29) is 5.54 Å². The van der Waals surface area contributed by atoms with Crippen molar-refractivity contribution in [2.75, 3.05) is 39.9 Å². The first kappa shape index (κ1) is 19.7. The Bertz CT molecular complexity index is 664. The monoisotopic (exact) mass is 384 g/mol. The van der Waals surface area contributed by atoms with Gasteiger partial charge in [-0.2, -0.15) is 0 Å². The molecule has 4 rings (SSSR count). The van der Waals surface area contributed by atoms with Crippen LogP contribution in [0.2, 0.25) is 0 Å². The lowest BCUT2D eigenvalue weighted by atomic mass is 9.68. The lowest BCUT2D eigenvalue weighted by Gasteiger charge is -2.42. The maximum Gasteiger partial charge on any atom is 0.193 e. The number of hydrogen-bond acceptors (Lipinski definition) is 3. The quantitative estimate of drug-likeness (QED) is 0.604. The predicted octanol–water partition coefficient (Wildman–Crippen LogP) is 3.34. The van der Waals surface area contributed by atoms with Gasteiger partial charge in [0.15, 0.2) is 5.96 Å². The van der Waals surface area contributed by atoms with Crippen LogP contribution in [0.1, 0.15) is 57.1 Å². The molecular formula is C23H36N4O. The summed E-state index contributed by atoms with van der Waals surface area (Å²) in [5, 5.41) is 7.66. The Morgan fingerprint density at radius 2 is 1.89 bits per heavy atom. The molecule has 5 nitrogen and oxygen atoms in total. The number of hydrogen-bond donors (Lipinski definition) is 2. The second-order valence-electron chi connectivity index (χ2n) is 9.10. The van der Waals surface area contributed by atoms with E-state index in [1.807, 2.05) is 7.05 Å². The number of rotatable bonds is 5. The van der Waals surface area contributed by atoms with E-state index in [4.69, 9.17) is 4.74 Å². The van der Waals surface area contributed by atoms with Crippen LogP contribution in [-0.2, 0) is 4.74 Å². The smallest absolute Gasteiger partial charge is 0.193 e. The second-order valence-corrected chi connectivity index (χ2v) is 9.10. The summed E-state index contributed by atoms with van der Waals surface area (Å²) in [5.74, 6) is 1.07. The van der Waals surface area contributed by atoms with Crippen LogP contribution in [-0.4, -0.2) is 56.3 Å². The summed E-state index contributed by atoms with van der Waals surface area (Å²) in [4.78, 5) is 7.10. The van der Waals surface area contributed by atoms with Crippen LogP contribution in [0.15, 0.2) is 35.3 Å². The molecule has 2 N–H and O–H groups in total. The van der Waals surface area contributed by atoms with E-state index in [0.29, 0.717) is 11.5 Å². The zero-order valence-corrected chi connectivity index (χ0v) is 17.5. The molecule has 0 radical (unpaired) electrons. The van der Waals surface area contributed by atoms with Crippen LogP contribution in [0.5, 0.6) is 0 Å².